The molecule has 114 valence electrons. The number of rotatable bonds is 3. The van der Waals surface area contributed by atoms with Gasteiger partial charge in [-0.05, 0) is 72.1 Å². The summed E-state index contributed by atoms with van der Waals surface area (Å²) in [6, 6.07) is 16.3. The molecule has 6 rings (SSSR count). The van der Waals surface area contributed by atoms with Crippen LogP contribution >= 0.6 is 0 Å². The lowest BCUT2D eigenvalue weighted by atomic mass is 9.54. The van der Waals surface area contributed by atoms with E-state index in [1.54, 1.807) is 6.42 Å². The lowest BCUT2D eigenvalue weighted by molar-refractivity contribution is -0.0142. The van der Waals surface area contributed by atoms with Crippen molar-refractivity contribution in [1.82, 2.24) is 5.32 Å². The van der Waals surface area contributed by atoms with Gasteiger partial charge in [-0.15, -0.1) is 0 Å². The van der Waals surface area contributed by atoms with Gasteiger partial charge in [0.1, 0.15) is 0 Å². The molecule has 0 heterocycles. The second-order valence-corrected chi connectivity index (χ2v) is 7.98. The second-order valence-electron chi connectivity index (χ2n) is 7.98. The first-order valence-corrected chi connectivity index (χ1v) is 9.07. The number of hydrogen-bond acceptors (Lipinski definition) is 1. The zero-order valence-electron chi connectivity index (χ0n) is 13.2. The molecule has 4 aliphatic rings. The van der Waals surface area contributed by atoms with Gasteiger partial charge in [-0.3, -0.25) is 0 Å². The highest BCUT2D eigenvalue weighted by Gasteiger charge is 2.47. The molecular weight excluding hydrogens is 266 g/mol. The fourth-order valence-electron chi connectivity index (χ4n) is 5.93. The first kappa shape index (κ1) is 13.1. The summed E-state index contributed by atoms with van der Waals surface area (Å²) in [4.78, 5) is 0. The third-order valence-corrected chi connectivity index (χ3v) is 6.63. The molecule has 0 unspecified atom stereocenters. The van der Waals surface area contributed by atoms with Crippen LogP contribution < -0.4 is 5.32 Å². The molecule has 4 fully saturated rings. The molecule has 4 saturated carbocycles. The highest BCUT2D eigenvalue weighted by atomic mass is 14.9. The smallest absolute Gasteiger partial charge is 0.0214 e. The molecule has 4 bridgehead atoms. The predicted molar refractivity (Wildman–Crippen MR) is 91.6 cm³/mol. The van der Waals surface area contributed by atoms with E-state index in [0.29, 0.717) is 0 Å². The van der Waals surface area contributed by atoms with Crippen LogP contribution in [0, 0.1) is 23.7 Å². The molecule has 0 saturated heterocycles. The number of fused-ring (bicyclic) bond motifs is 1. The zero-order chi connectivity index (χ0) is 14.5. The summed E-state index contributed by atoms with van der Waals surface area (Å²) in [7, 11) is 0. The zero-order valence-corrected chi connectivity index (χ0v) is 13.2. The van der Waals surface area contributed by atoms with Crippen LogP contribution in [0.4, 0.5) is 0 Å². The monoisotopic (exact) mass is 291 g/mol. The summed E-state index contributed by atoms with van der Waals surface area (Å²) in [6.07, 6.45) is 7.55. The SMILES string of the molecule is c1ccc2c(CNC3C4CC5CC(C4)CC3C5)cccc2c1. The van der Waals surface area contributed by atoms with E-state index in [1.165, 1.54) is 42.0 Å². The average molecular weight is 291 g/mol. The molecule has 1 N–H and O–H groups in total. The van der Waals surface area contributed by atoms with Crippen molar-refractivity contribution >= 4 is 10.8 Å². The van der Waals surface area contributed by atoms with Crippen molar-refractivity contribution < 1.29 is 0 Å². The highest BCUT2D eigenvalue weighted by molar-refractivity contribution is 5.85. The lowest BCUT2D eigenvalue weighted by Crippen LogP contribution is -2.54. The quantitative estimate of drug-likeness (QED) is 0.860. The molecule has 2 aromatic carbocycles. The largest absolute Gasteiger partial charge is 0.309 e. The number of nitrogens with one attached hydrogen (secondary N) is 1. The van der Waals surface area contributed by atoms with Gasteiger partial charge in [-0.2, -0.15) is 0 Å². The Morgan fingerprint density at radius 2 is 1.45 bits per heavy atom. The Morgan fingerprint density at radius 3 is 2.23 bits per heavy atom. The average Bonchev–Trinajstić information content (AvgIpc) is 2.54. The predicted octanol–water partition coefficient (Wildman–Crippen LogP) is 4.75. The Kier molecular flexibility index (Phi) is 3.04. The van der Waals surface area contributed by atoms with E-state index >= 15 is 0 Å². The minimum absolute atomic E-state index is 0.784. The van der Waals surface area contributed by atoms with Gasteiger partial charge in [0, 0.05) is 12.6 Å². The van der Waals surface area contributed by atoms with Crippen LogP contribution in [-0.4, -0.2) is 6.04 Å². The Morgan fingerprint density at radius 1 is 0.773 bits per heavy atom. The Bertz CT molecular complexity index is 656. The van der Waals surface area contributed by atoms with Crippen LogP contribution in [0.1, 0.15) is 37.7 Å². The summed E-state index contributed by atoms with van der Waals surface area (Å²) in [6.45, 7) is 1.04. The molecule has 22 heavy (non-hydrogen) atoms. The highest BCUT2D eigenvalue weighted by Crippen LogP contribution is 2.53. The minimum atomic E-state index is 0.784. The fourth-order valence-corrected chi connectivity index (χ4v) is 5.93. The molecular formula is C21H25N. The summed E-state index contributed by atoms with van der Waals surface area (Å²) in [5.74, 6) is 4.06. The maximum Gasteiger partial charge on any atom is 0.0214 e. The van der Waals surface area contributed by atoms with Crippen molar-refractivity contribution in [2.75, 3.05) is 0 Å². The molecule has 0 aromatic heterocycles. The molecule has 4 aliphatic carbocycles. The van der Waals surface area contributed by atoms with Crippen LogP contribution in [0.25, 0.3) is 10.8 Å². The van der Waals surface area contributed by atoms with E-state index in [0.717, 1.165) is 36.3 Å². The summed E-state index contributed by atoms with van der Waals surface area (Å²) < 4.78 is 0. The Balaban J connectivity index is 1.36. The van der Waals surface area contributed by atoms with Crippen LogP contribution in [0.2, 0.25) is 0 Å². The summed E-state index contributed by atoms with van der Waals surface area (Å²) in [5, 5.41) is 6.76. The van der Waals surface area contributed by atoms with Gasteiger partial charge < -0.3 is 5.32 Å². The fraction of sp³-hybridized carbons (Fsp3) is 0.524. The number of hydrogen-bond donors (Lipinski definition) is 1. The second kappa shape index (κ2) is 5.09. The Hall–Kier alpha value is -1.34. The lowest BCUT2D eigenvalue weighted by Gasteiger charge is -2.54. The van der Waals surface area contributed by atoms with E-state index in [2.05, 4.69) is 47.8 Å². The minimum Gasteiger partial charge on any atom is -0.309 e. The van der Waals surface area contributed by atoms with Crippen LogP contribution in [0.3, 0.4) is 0 Å². The van der Waals surface area contributed by atoms with Crippen molar-refractivity contribution in [3.8, 4) is 0 Å². The van der Waals surface area contributed by atoms with Crippen LogP contribution in [0.5, 0.6) is 0 Å². The third kappa shape index (κ3) is 2.10. The molecule has 1 heteroatoms. The van der Waals surface area contributed by atoms with E-state index in [1.807, 2.05) is 0 Å². The third-order valence-electron chi connectivity index (χ3n) is 6.63. The van der Waals surface area contributed by atoms with Crippen LogP contribution in [-0.2, 0) is 6.54 Å². The normalized spacial score (nSPS) is 36.1. The van der Waals surface area contributed by atoms with Gasteiger partial charge in [0.05, 0.1) is 0 Å². The van der Waals surface area contributed by atoms with Crippen molar-refractivity contribution in [2.24, 2.45) is 23.7 Å². The standard InChI is InChI=1S/C21H25N/c1-2-7-20-16(4-1)5-3-6-17(20)13-22-21-18-9-14-8-15(11-18)12-19(21)10-14/h1-7,14-15,18-19,21-22H,8-13H2. The van der Waals surface area contributed by atoms with Gasteiger partial charge in [-0.25, -0.2) is 0 Å². The molecule has 0 spiro atoms. The van der Waals surface area contributed by atoms with Crippen molar-refractivity contribution in [1.29, 1.82) is 0 Å². The molecule has 0 radical (unpaired) electrons. The number of benzene rings is 2. The topological polar surface area (TPSA) is 12.0 Å². The van der Waals surface area contributed by atoms with E-state index in [9.17, 15) is 0 Å². The van der Waals surface area contributed by atoms with Crippen molar-refractivity contribution in [3.63, 3.8) is 0 Å². The van der Waals surface area contributed by atoms with Gasteiger partial charge in [0.15, 0.2) is 0 Å². The first-order valence-electron chi connectivity index (χ1n) is 9.07. The maximum atomic E-state index is 3.97. The van der Waals surface area contributed by atoms with Crippen molar-refractivity contribution in [2.45, 2.75) is 44.7 Å². The van der Waals surface area contributed by atoms with E-state index in [-0.39, 0.29) is 0 Å². The summed E-state index contributed by atoms with van der Waals surface area (Å²) >= 11 is 0. The van der Waals surface area contributed by atoms with Crippen molar-refractivity contribution in [3.05, 3.63) is 48.0 Å². The van der Waals surface area contributed by atoms with E-state index < -0.39 is 0 Å². The van der Waals surface area contributed by atoms with Gasteiger partial charge in [0.2, 0.25) is 0 Å². The van der Waals surface area contributed by atoms with Gasteiger partial charge in [0.25, 0.3) is 0 Å². The molecule has 0 amide bonds. The van der Waals surface area contributed by atoms with Gasteiger partial charge >= 0.3 is 0 Å². The molecule has 1 nitrogen and oxygen atoms in total. The molecule has 0 aliphatic heterocycles. The van der Waals surface area contributed by atoms with Crippen LogP contribution in [0.15, 0.2) is 42.5 Å². The first-order chi connectivity index (χ1) is 10.9. The molecule has 0 atom stereocenters. The molecule has 2 aromatic rings. The maximum absolute atomic E-state index is 3.97. The van der Waals surface area contributed by atoms with E-state index in [4.69, 9.17) is 0 Å². The van der Waals surface area contributed by atoms with Gasteiger partial charge in [-0.1, -0.05) is 42.5 Å². The summed E-state index contributed by atoms with van der Waals surface area (Å²) in [5.41, 5.74) is 1.46. The Labute approximate surface area is 133 Å².